The lowest BCUT2D eigenvalue weighted by Crippen LogP contribution is -2.40. The van der Waals surface area contributed by atoms with Crippen molar-refractivity contribution < 1.29 is 14.6 Å². The molecule has 1 saturated carbocycles. The van der Waals surface area contributed by atoms with E-state index in [9.17, 15) is 9.82 Å². The summed E-state index contributed by atoms with van der Waals surface area (Å²) in [5.74, 6) is 0.236. The summed E-state index contributed by atoms with van der Waals surface area (Å²) in [6, 6.07) is 0.203. The highest BCUT2D eigenvalue weighted by Gasteiger charge is 2.49. The van der Waals surface area contributed by atoms with Gasteiger partial charge in [-0.15, -0.1) is 0 Å². The van der Waals surface area contributed by atoms with E-state index in [0.29, 0.717) is 12.5 Å². The van der Waals surface area contributed by atoms with Crippen LogP contribution in [0.3, 0.4) is 0 Å². The largest absolute Gasteiger partial charge is 0.466 e. The molecule has 0 saturated heterocycles. The first-order chi connectivity index (χ1) is 7.93. The van der Waals surface area contributed by atoms with Crippen molar-refractivity contribution in [2.75, 3.05) is 6.61 Å². The van der Waals surface area contributed by atoms with E-state index in [0.717, 1.165) is 19.3 Å². The van der Waals surface area contributed by atoms with Gasteiger partial charge in [-0.25, -0.2) is 0 Å². The molecule has 1 rings (SSSR count). The Balaban J connectivity index is 2.73. The van der Waals surface area contributed by atoms with E-state index in [-0.39, 0.29) is 12.0 Å². The smallest absolute Gasteiger partial charge is 0.373 e. The molecule has 0 heterocycles. The van der Waals surface area contributed by atoms with Crippen LogP contribution in [0.2, 0.25) is 6.82 Å². The Morgan fingerprint density at radius 3 is 2.71 bits per heavy atom. The predicted molar refractivity (Wildman–Crippen MR) is 68.5 cm³/mol. The van der Waals surface area contributed by atoms with Crippen LogP contribution in [0.5, 0.6) is 0 Å². The minimum absolute atomic E-state index is 0.0956. The molecule has 0 aromatic heterocycles. The highest BCUT2D eigenvalue weighted by molar-refractivity contribution is 6.45. The summed E-state index contributed by atoms with van der Waals surface area (Å²) in [6.45, 7) is 8.07. The molecule has 17 heavy (non-hydrogen) atoms. The molecule has 0 unspecified atom stereocenters. The van der Waals surface area contributed by atoms with Crippen LogP contribution in [0.15, 0.2) is 0 Å². The van der Waals surface area contributed by atoms with Gasteiger partial charge in [-0.2, -0.15) is 0 Å². The second-order valence-electron chi connectivity index (χ2n) is 5.22. The van der Waals surface area contributed by atoms with Crippen LogP contribution in [-0.4, -0.2) is 30.7 Å². The Morgan fingerprint density at radius 2 is 2.24 bits per heavy atom. The van der Waals surface area contributed by atoms with Crippen LogP contribution in [0.4, 0.5) is 0 Å². The molecule has 0 radical (unpaired) electrons. The molecule has 0 bridgehead atoms. The molecule has 0 spiro atoms. The lowest BCUT2D eigenvalue weighted by molar-refractivity contribution is -0.156. The Bertz CT molecular complexity index is 272. The van der Waals surface area contributed by atoms with Crippen LogP contribution >= 0.6 is 0 Å². The van der Waals surface area contributed by atoms with Crippen molar-refractivity contribution in [1.82, 2.24) is 5.23 Å². The van der Waals surface area contributed by atoms with Gasteiger partial charge in [0.05, 0.1) is 12.0 Å². The summed E-state index contributed by atoms with van der Waals surface area (Å²) < 4.78 is 5.18. The molecule has 1 aliphatic carbocycles. The van der Waals surface area contributed by atoms with Crippen molar-refractivity contribution in [2.45, 2.75) is 52.9 Å². The third-order valence-corrected chi connectivity index (χ3v) is 3.85. The zero-order chi connectivity index (χ0) is 13.1. The van der Waals surface area contributed by atoms with Crippen molar-refractivity contribution in [3.05, 3.63) is 0 Å². The number of esters is 1. The molecule has 0 aliphatic heterocycles. The summed E-state index contributed by atoms with van der Waals surface area (Å²) in [4.78, 5) is 12.1. The van der Waals surface area contributed by atoms with Gasteiger partial charge in [-0.1, -0.05) is 13.3 Å². The van der Waals surface area contributed by atoms with Gasteiger partial charge in [-0.05, 0) is 45.5 Å². The van der Waals surface area contributed by atoms with Gasteiger partial charge in [0.15, 0.2) is 0 Å². The average Bonchev–Trinajstić information content (AvgIpc) is 2.55. The van der Waals surface area contributed by atoms with Crippen LogP contribution < -0.4 is 5.23 Å². The van der Waals surface area contributed by atoms with Crippen molar-refractivity contribution in [1.29, 1.82) is 0 Å². The molecule has 0 aromatic carbocycles. The van der Waals surface area contributed by atoms with Crippen molar-refractivity contribution in [3.63, 3.8) is 0 Å². The number of carbonyl (C=O) groups is 1. The Morgan fingerprint density at radius 1 is 1.59 bits per heavy atom. The number of carbonyl (C=O) groups excluding carboxylic acids is 1. The number of rotatable bonds is 5. The molecular formula is C12H24BNO3. The molecule has 1 aliphatic rings. The van der Waals surface area contributed by atoms with Gasteiger partial charge in [0, 0.05) is 0 Å². The normalized spacial score (nSPS) is 32.5. The molecular weight excluding hydrogens is 217 g/mol. The quantitative estimate of drug-likeness (QED) is 0.565. The Hall–Kier alpha value is -0.545. The van der Waals surface area contributed by atoms with Gasteiger partial charge in [0.2, 0.25) is 0 Å². The molecule has 4 nitrogen and oxygen atoms in total. The van der Waals surface area contributed by atoms with E-state index >= 15 is 0 Å². The lowest BCUT2D eigenvalue weighted by Gasteiger charge is -2.28. The zero-order valence-electron chi connectivity index (χ0n) is 11.3. The maximum Gasteiger partial charge on any atom is 0.373 e. The summed E-state index contributed by atoms with van der Waals surface area (Å²) in [5.41, 5.74) is -0.405. The van der Waals surface area contributed by atoms with Gasteiger partial charge in [-0.3, -0.25) is 4.79 Å². The molecule has 0 aromatic rings. The Labute approximate surface area is 104 Å². The lowest BCUT2D eigenvalue weighted by atomic mass is 9.78. The topological polar surface area (TPSA) is 58.6 Å². The monoisotopic (exact) mass is 241 g/mol. The Kier molecular flexibility index (Phi) is 5.01. The predicted octanol–water partition coefficient (Wildman–Crippen LogP) is 1.44. The van der Waals surface area contributed by atoms with Crippen molar-refractivity contribution >= 4 is 13.0 Å². The molecule has 98 valence electrons. The van der Waals surface area contributed by atoms with E-state index in [2.05, 4.69) is 12.2 Å². The van der Waals surface area contributed by atoms with Crippen LogP contribution in [0, 0.1) is 11.3 Å². The fraction of sp³-hybridized carbons (Fsp3) is 0.917. The van der Waals surface area contributed by atoms with Gasteiger partial charge < -0.3 is 15.0 Å². The highest BCUT2D eigenvalue weighted by Crippen LogP contribution is 2.45. The van der Waals surface area contributed by atoms with Crippen LogP contribution in [0.25, 0.3) is 0 Å². The van der Waals surface area contributed by atoms with Gasteiger partial charge in [0.25, 0.3) is 0 Å². The SMILES string of the molecule is CCOC(=O)[C@@]1(C)C[C@@H](NB(C)O)C[C@H]1CC. The summed E-state index contributed by atoms with van der Waals surface area (Å²) in [7, 11) is -0.526. The van der Waals surface area contributed by atoms with E-state index < -0.39 is 12.5 Å². The fourth-order valence-electron chi connectivity index (χ4n) is 3.00. The number of hydrogen-bond acceptors (Lipinski definition) is 4. The molecule has 0 amide bonds. The van der Waals surface area contributed by atoms with E-state index in [1.807, 2.05) is 13.8 Å². The third kappa shape index (κ3) is 3.22. The third-order valence-electron chi connectivity index (χ3n) is 3.85. The minimum atomic E-state index is -0.526. The van der Waals surface area contributed by atoms with E-state index in [1.165, 1.54) is 0 Å². The van der Waals surface area contributed by atoms with Gasteiger partial charge >= 0.3 is 13.0 Å². The van der Waals surface area contributed by atoms with E-state index in [1.54, 1.807) is 6.82 Å². The summed E-state index contributed by atoms with van der Waals surface area (Å²) in [5, 5.41) is 12.5. The zero-order valence-corrected chi connectivity index (χ0v) is 11.3. The maximum absolute atomic E-state index is 12.1. The second kappa shape index (κ2) is 5.87. The fourth-order valence-corrected chi connectivity index (χ4v) is 3.00. The van der Waals surface area contributed by atoms with Crippen LogP contribution in [-0.2, 0) is 9.53 Å². The van der Waals surface area contributed by atoms with Crippen molar-refractivity contribution in [2.24, 2.45) is 11.3 Å². The number of hydrogen-bond donors (Lipinski definition) is 2. The maximum atomic E-state index is 12.1. The van der Waals surface area contributed by atoms with E-state index in [4.69, 9.17) is 4.74 Å². The van der Waals surface area contributed by atoms with Crippen LogP contribution in [0.1, 0.15) is 40.0 Å². The first-order valence-corrected chi connectivity index (χ1v) is 6.55. The summed E-state index contributed by atoms with van der Waals surface area (Å²) >= 11 is 0. The summed E-state index contributed by atoms with van der Waals surface area (Å²) in [6.07, 6.45) is 2.64. The number of ether oxygens (including phenoxy) is 1. The minimum Gasteiger partial charge on any atom is -0.466 e. The average molecular weight is 241 g/mol. The molecule has 1 fully saturated rings. The highest BCUT2D eigenvalue weighted by atomic mass is 16.5. The number of nitrogens with one attached hydrogen (secondary N) is 1. The standard InChI is InChI=1S/C12H24BNO3/c1-5-9-7-10(14-13(4)16)8-12(9,3)11(15)17-6-2/h9-10,14,16H,5-8H2,1-4H3/t9-,10+,12+/m1/s1. The first-order valence-electron chi connectivity index (χ1n) is 6.55. The van der Waals surface area contributed by atoms with Crippen molar-refractivity contribution in [3.8, 4) is 0 Å². The van der Waals surface area contributed by atoms with Gasteiger partial charge in [0.1, 0.15) is 0 Å². The molecule has 5 heteroatoms. The molecule has 2 N–H and O–H groups in total. The molecule has 3 atom stereocenters. The first kappa shape index (κ1) is 14.5. The second-order valence-corrected chi connectivity index (χ2v) is 5.22.